The van der Waals surface area contributed by atoms with Crippen LogP contribution in [0.4, 0.5) is 10.1 Å². The second-order valence-corrected chi connectivity index (χ2v) is 5.74. The van der Waals surface area contributed by atoms with Crippen molar-refractivity contribution >= 4 is 11.6 Å². The van der Waals surface area contributed by atoms with Crippen LogP contribution in [-0.2, 0) is 11.2 Å². The molecule has 0 atom stereocenters. The molecule has 0 fully saturated rings. The van der Waals surface area contributed by atoms with Gasteiger partial charge in [-0.05, 0) is 61.7 Å². The Morgan fingerprint density at radius 2 is 1.78 bits per heavy atom. The standard InChI is InChI=1S/C19H23FN2O/c1-14-3-4-15(2)18(13-14)22-19(23)10-12-21-11-9-16-5-7-17(20)8-6-16/h3-8,13,21H,9-12H2,1-2H3,(H,22,23). The minimum absolute atomic E-state index is 0.00739. The number of nitrogens with one attached hydrogen (secondary N) is 2. The summed E-state index contributed by atoms with van der Waals surface area (Å²) in [5, 5.41) is 6.18. The van der Waals surface area contributed by atoms with Gasteiger partial charge in [-0.15, -0.1) is 0 Å². The van der Waals surface area contributed by atoms with Gasteiger partial charge in [0.1, 0.15) is 5.82 Å². The summed E-state index contributed by atoms with van der Waals surface area (Å²) in [6.45, 7) is 5.38. The molecule has 0 aliphatic heterocycles. The van der Waals surface area contributed by atoms with Crippen LogP contribution in [0.25, 0.3) is 0 Å². The van der Waals surface area contributed by atoms with Crippen molar-refractivity contribution in [1.82, 2.24) is 5.32 Å². The Labute approximate surface area is 136 Å². The lowest BCUT2D eigenvalue weighted by Crippen LogP contribution is -2.23. The second kappa shape index (κ2) is 8.44. The molecule has 2 N–H and O–H groups in total. The molecule has 0 saturated heterocycles. The largest absolute Gasteiger partial charge is 0.326 e. The van der Waals surface area contributed by atoms with E-state index in [0.29, 0.717) is 13.0 Å². The zero-order valence-electron chi connectivity index (χ0n) is 13.7. The van der Waals surface area contributed by atoms with E-state index in [1.54, 1.807) is 12.1 Å². The van der Waals surface area contributed by atoms with E-state index < -0.39 is 0 Å². The number of carbonyl (C=O) groups excluding carboxylic acids is 1. The summed E-state index contributed by atoms with van der Waals surface area (Å²) in [7, 11) is 0. The van der Waals surface area contributed by atoms with E-state index in [0.717, 1.165) is 35.3 Å². The molecule has 122 valence electrons. The highest BCUT2D eigenvalue weighted by Crippen LogP contribution is 2.16. The molecule has 0 aromatic heterocycles. The number of carbonyl (C=O) groups is 1. The molecule has 0 saturated carbocycles. The molecule has 0 aliphatic carbocycles. The summed E-state index contributed by atoms with van der Waals surface area (Å²) < 4.78 is 12.8. The number of amides is 1. The quantitative estimate of drug-likeness (QED) is 0.767. The van der Waals surface area contributed by atoms with Crippen molar-refractivity contribution in [2.75, 3.05) is 18.4 Å². The van der Waals surface area contributed by atoms with Crippen LogP contribution in [-0.4, -0.2) is 19.0 Å². The van der Waals surface area contributed by atoms with Gasteiger partial charge in [0.15, 0.2) is 0 Å². The number of aryl methyl sites for hydroxylation is 2. The molecule has 2 rings (SSSR count). The minimum atomic E-state index is -0.218. The number of halogens is 1. The number of rotatable bonds is 7. The average molecular weight is 314 g/mol. The van der Waals surface area contributed by atoms with Crippen LogP contribution in [0, 0.1) is 19.7 Å². The summed E-state index contributed by atoms with van der Waals surface area (Å²) in [5.74, 6) is -0.210. The Morgan fingerprint density at radius 1 is 1.04 bits per heavy atom. The Kier molecular flexibility index (Phi) is 6.29. The van der Waals surface area contributed by atoms with Crippen LogP contribution in [0.5, 0.6) is 0 Å². The van der Waals surface area contributed by atoms with Crippen molar-refractivity contribution in [3.05, 3.63) is 65.0 Å². The molecule has 0 spiro atoms. The molecule has 2 aromatic rings. The maximum Gasteiger partial charge on any atom is 0.225 e. The van der Waals surface area contributed by atoms with Crippen LogP contribution in [0.3, 0.4) is 0 Å². The summed E-state index contributed by atoms with van der Waals surface area (Å²) in [6, 6.07) is 12.5. The minimum Gasteiger partial charge on any atom is -0.326 e. The maximum absolute atomic E-state index is 12.8. The Morgan fingerprint density at radius 3 is 2.52 bits per heavy atom. The van der Waals surface area contributed by atoms with E-state index in [9.17, 15) is 9.18 Å². The topological polar surface area (TPSA) is 41.1 Å². The van der Waals surface area contributed by atoms with E-state index in [1.807, 2.05) is 32.0 Å². The summed E-state index contributed by atoms with van der Waals surface area (Å²) in [5.41, 5.74) is 4.15. The molecule has 0 heterocycles. The number of anilines is 1. The third-order valence-electron chi connectivity index (χ3n) is 3.70. The molecule has 0 unspecified atom stereocenters. The van der Waals surface area contributed by atoms with Crippen molar-refractivity contribution in [2.45, 2.75) is 26.7 Å². The third kappa shape index (κ3) is 5.83. The highest BCUT2D eigenvalue weighted by atomic mass is 19.1. The predicted octanol–water partition coefficient (Wildman–Crippen LogP) is 3.60. The molecule has 0 aliphatic rings. The summed E-state index contributed by atoms with van der Waals surface area (Å²) >= 11 is 0. The van der Waals surface area contributed by atoms with Crippen molar-refractivity contribution < 1.29 is 9.18 Å². The lowest BCUT2D eigenvalue weighted by molar-refractivity contribution is -0.116. The number of benzene rings is 2. The van der Waals surface area contributed by atoms with Gasteiger partial charge in [0.05, 0.1) is 0 Å². The van der Waals surface area contributed by atoms with Crippen molar-refractivity contribution in [2.24, 2.45) is 0 Å². The fraction of sp³-hybridized carbons (Fsp3) is 0.316. The Bertz CT molecular complexity index is 653. The molecule has 0 bridgehead atoms. The van der Waals surface area contributed by atoms with Crippen molar-refractivity contribution in [3.63, 3.8) is 0 Å². The van der Waals surface area contributed by atoms with Gasteiger partial charge in [0.2, 0.25) is 5.91 Å². The Balaban J connectivity index is 1.67. The van der Waals surface area contributed by atoms with Gasteiger partial charge in [-0.2, -0.15) is 0 Å². The lowest BCUT2D eigenvalue weighted by Gasteiger charge is -2.10. The maximum atomic E-state index is 12.8. The van der Waals surface area contributed by atoms with Gasteiger partial charge in [-0.1, -0.05) is 24.3 Å². The fourth-order valence-corrected chi connectivity index (χ4v) is 2.29. The van der Waals surface area contributed by atoms with Crippen LogP contribution in [0.2, 0.25) is 0 Å². The van der Waals surface area contributed by atoms with Crippen LogP contribution in [0.1, 0.15) is 23.1 Å². The first-order chi connectivity index (χ1) is 11.0. The highest BCUT2D eigenvalue weighted by Gasteiger charge is 2.04. The molecule has 3 nitrogen and oxygen atoms in total. The third-order valence-corrected chi connectivity index (χ3v) is 3.70. The van der Waals surface area contributed by atoms with Gasteiger partial charge in [0, 0.05) is 18.7 Å². The van der Waals surface area contributed by atoms with Gasteiger partial charge in [0.25, 0.3) is 0 Å². The fourth-order valence-electron chi connectivity index (χ4n) is 2.29. The van der Waals surface area contributed by atoms with Crippen LogP contribution in [0.15, 0.2) is 42.5 Å². The van der Waals surface area contributed by atoms with Crippen molar-refractivity contribution in [3.8, 4) is 0 Å². The first kappa shape index (κ1) is 17.2. The average Bonchev–Trinajstić information content (AvgIpc) is 2.52. The van der Waals surface area contributed by atoms with Crippen LogP contribution < -0.4 is 10.6 Å². The first-order valence-corrected chi connectivity index (χ1v) is 7.87. The number of hydrogen-bond donors (Lipinski definition) is 2. The normalized spacial score (nSPS) is 10.6. The first-order valence-electron chi connectivity index (χ1n) is 7.87. The number of hydrogen-bond acceptors (Lipinski definition) is 2. The van der Waals surface area contributed by atoms with E-state index in [-0.39, 0.29) is 11.7 Å². The molecular weight excluding hydrogens is 291 g/mol. The molecule has 1 amide bonds. The zero-order valence-corrected chi connectivity index (χ0v) is 13.7. The molecule has 23 heavy (non-hydrogen) atoms. The molecule has 0 radical (unpaired) electrons. The smallest absolute Gasteiger partial charge is 0.225 e. The van der Waals surface area contributed by atoms with E-state index in [1.165, 1.54) is 12.1 Å². The SMILES string of the molecule is Cc1ccc(C)c(NC(=O)CCNCCc2ccc(F)cc2)c1. The van der Waals surface area contributed by atoms with E-state index in [4.69, 9.17) is 0 Å². The van der Waals surface area contributed by atoms with E-state index >= 15 is 0 Å². The summed E-state index contributed by atoms with van der Waals surface area (Å²) in [4.78, 5) is 12.0. The lowest BCUT2D eigenvalue weighted by atomic mass is 10.1. The molecule has 2 aromatic carbocycles. The van der Waals surface area contributed by atoms with E-state index in [2.05, 4.69) is 10.6 Å². The highest BCUT2D eigenvalue weighted by molar-refractivity contribution is 5.91. The van der Waals surface area contributed by atoms with Crippen LogP contribution >= 0.6 is 0 Å². The van der Waals surface area contributed by atoms with Gasteiger partial charge in [-0.3, -0.25) is 4.79 Å². The monoisotopic (exact) mass is 314 g/mol. The predicted molar refractivity (Wildman–Crippen MR) is 92.1 cm³/mol. The second-order valence-electron chi connectivity index (χ2n) is 5.74. The van der Waals surface area contributed by atoms with Gasteiger partial charge < -0.3 is 10.6 Å². The Hall–Kier alpha value is -2.20. The van der Waals surface area contributed by atoms with Gasteiger partial charge in [-0.25, -0.2) is 4.39 Å². The summed E-state index contributed by atoms with van der Waals surface area (Å²) in [6.07, 6.45) is 1.25. The van der Waals surface area contributed by atoms with Crippen molar-refractivity contribution in [1.29, 1.82) is 0 Å². The molecular formula is C19H23FN2O. The molecule has 4 heteroatoms. The van der Waals surface area contributed by atoms with Gasteiger partial charge >= 0.3 is 0 Å². The zero-order chi connectivity index (χ0) is 16.7.